The summed E-state index contributed by atoms with van der Waals surface area (Å²) in [4.78, 5) is 36.2. The number of nitrogens with one attached hydrogen (secondary N) is 2. The van der Waals surface area contributed by atoms with E-state index in [4.69, 9.17) is 9.47 Å². The largest absolute Gasteiger partial charge is 0.449 e. The van der Waals surface area contributed by atoms with Gasteiger partial charge >= 0.3 is 5.97 Å². The number of ether oxygens (including phenoxy) is 2. The Labute approximate surface area is 198 Å². The van der Waals surface area contributed by atoms with Crippen LogP contribution in [0.5, 0.6) is 0 Å². The summed E-state index contributed by atoms with van der Waals surface area (Å²) in [6.45, 7) is 5.54. The van der Waals surface area contributed by atoms with Crippen LogP contribution in [-0.4, -0.2) is 62.9 Å². The van der Waals surface area contributed by atoms with Gasteiger partial charge in [0.25, 0.3) is 5.91 Å². The van der Waals surface area contributed by atoms with Gasteiger partial charge < -0.3 is 20.1 Å². The molecule has 0 radical (unpaired) electrons. The highest BCUT2D eigenvalue weighted by atomic mass is 32.2. The van der Waals surface area contributed by atoms with Crippen molar-refractivity contribution < 1.29 is 32.3 Å². The van der Waals surface area contributed by atoms with E-state index in [2.05, 4.69) is 10.6 Å². The summed E-state index contributed by atoms with van der Waals surface area (Å²) < 4.78 is 37.9. The summed E-state index contributed by atoms with van der Waals surface area (Å²) >= 11 is 0. The Morgan fingerprint density at radius 2 is 1.59 bits per heavy atom. The van der Waals surface area contributed by atoms with Crippen LogP contribution in [0.15, 0.2) is 47.4 Å². The summed E-state index contributed by atoms with van der Waals surface area (Å²) in [6.07, 6.45) is -1.14. The number of nitrogens with zero attached hydrogens (tertiary/aromatic N) is 1. The first-order valence-electron chi connectivity index (χ1n) is 10.7. The molecule has 1 fully saturated rings. The predicted molar refractivity (Wildman–Crippen MR) is 125 cm³/mol. The molecule has 3 rings (SSSR count). The van der Waals surface area contributed by atoms with Crippen LogP contribution in [0.1, 0.15) is 29.8 Å². The zero-order valence-corrected chi connectivity index (χ0v) is 20.0. The molecule has 1 saturated heterocycles. The van der Waals surface area contributed by atoms with E-state index in [9.17, 15) is 22.8 Å². The Hall–Kier alpha value is -3.28. The summed E-state index contributed by atoms with van der Waals surface area (Å²) in [5.41, 5.74) is 1.55. The SMILES string of the molecule is CC(=O)Nc1ccc(NC(=O)C(C)OC(=O)c2ccc(C)c(S(=O)(=O)N3CCOCC3)c2)cc1. The number of sulfonamides is 1. The molecule has 34 heavy (non-hydrogen) atoms. The van der Waals surface area contributed by atoms with Gasteiger partial charge in [-0.15, -0.1) is 0 Å². The average Bonchev–Trinajstić information content (AvgIpc) is 2.80. The van der Waals surface area contributed by atoms with Gasteiger partial charge in [0.1, 0.15) is 0 Å². The lowest BCUT2D eigenvalue weighted by molar-refractivity contribution is -0.123. The number of hydrogen-bond donors (Lipinski definition) is 2. The van der Waals surface area contributed by atoms with Crippen molar-refractivity contribution >= 4 is 39.2 Å². The minimum atomic E-state index is -3.81. The first-order chi connectivity index (χ1) is 16.1. The predicted octanol–water partition coefficient (Wildman–Crippen LogP) is 2.16. The van der Waals surface area contributed by atoms with Crippen molar-refractivity contribution in [3.63, 3.8) is 0 Å². The van der Waals surface area contributed by atoms with E-state index in [1.165, 1.54) is 36.4 Å². The smallest absolute Gasteiger partial charge is 0.338 e. The second kappa shape index (κ2) is 10.8. The van der Waals surface area contributed by atoms with Crippen molar-refractivity contribution in [2.45, 2.75) is 31.8 Å². The molecule has 0 spiro atoms. The Kier molecular flexibility index (Phi) is 8.02. The van der Waals surface area contributed by atoms with Crippen LogP contribution in [-0.2, 0) is 29.1 Å². The minimum Gasteiger partial charge on any atom is -0.449 e. The monoisotopic (exact) mass is 489 g/mol. The number of morpholine rings is 1. The highest BCUT2D eigenvalue weighted by Crippen LogP contribution is 2.23. The number of hydrogen-bond acceptors (Lipinski definition) is 7. The Morgan fingerprint density at radius 3 is 2.18 bits per heavy atom. The van der Waals surface area contributed by atoms with Gasteiger partial charge in [-0.3, -0.25) is 9.59 Å². The lowest BCUT2D eigenvalue weighted by Gasteiger charge is -2.26. The molecule has 1 aliphatic heterocycles. The Morgan fingerprint density at radius 1 is 1.00 bits per heavy atom. The van der Waals surface area contributed by atoms with Crippen molar-refractivity contribution in [3.05, 3.63) is 53.6 Å². The third kappa shape index (κ3) is 6.19. The normalized spacial score (nSPS) is 15.3. The van der Waals surface area contributed by atoms with Gasteiger partial charge in [0.05, 0.1) is 23.7 Å². The summed E-state index contributed by atoms with van der Waals surface area (Å²) in [5.74, 6) is -1.59. The number of anilines is 2. The van der Waals surface area contributed by atoms with Gasteiger partial charge in [-0.25, -0.2) is 13.2 Å². The standard InChI is InChI=1S/C23H27N3O7S/c1-15-4-5-18(14-21(15)34(30,31)26-10-12-32-13-11-26)23(29)33-16(2)22(28)25-20-8-6-19(7-9-20)24-17(3)27/h4-9,14,16H,10-13H2,1-3H3,(H,24,27)(H,25,28). The molecular weight excluding hydrogens is 462 g/mol. The molecule has 11 heteroatoms. The van der Waals surface area contributed by atoms with Crippen LogP contribution in [0.3, 0.4) is 0 Å². The zero-order chi connectivity index (χ0) is 24.9. The average molecular weight is 490 g/mol. The lowest BCUT2D eigenvalue weighted by atomic mass is 10.1. The van der Waals surface area contributed by atoms with E-state index in [1.807, 2.05) is 0 Å². The van der Waals surface area contributed by atoms with Crippen LogP contribution < -0.4 is 10.6 Å². The molecule has 1 aliphatic rings. The van der Waals surface area contributed by atoms with Crippen molar-refractivity contribution in [3.8, 4) is 0 Å². The quantitative estimate of drug-likeness (QED) is 0.570. The fourth-order valence-electron chi connectivity index (χ4n) is 3.30. The Balaban J connectivity index is 1.67. The van der Waals surface area contributed by atoms with E-state index in [0.29, 0.717) is 30.2 Å². The molecule has 1 unspecified atom stereocenters. The number of carbonyl (C=O) groups is 3. The number of amides is 2. The van der Waals surface area contributed by atoms with Gasteiger partial charge in [0.2, 0.25) is 15.9 Å². The molecule has 0 saturated carbocycles. The number of aryl methyl sites for hydroxylation is 1. The molecule has 0 bridgehead atoms. The summed E-state index contributed by atoms with van der Waals surface area (Å²) in [5, 5.41) is 5.24. The van der Waals surface area contributed by atoms with Crippen molar-refractivity contribution in [2.75, 3.05) is 36.9 Å². The maximum Gasteiger partial charge on any atom is 0.338 e. The van der Waals surface area contributed by atoms with Crippen molar-refractivity contribution in [1.82, 2.24) is 4.31 Å². The molecule has 1 atom stereocenters. The first-order valence-corrected chi connectivity index (χ1v) is 12.1. The molecule has 10 nitrogen and oxygen atoms in total. The maximum atomic E-state index is 13.0. The van der Waals surface area contributed by atoms with Crippen LogP contribution >= 0.6 is 0 Å². The lowest BCUT2D eigenvalue weighted by Crippen LogP contribution is -2.40. The Bertz CT molecular complexity index is 1170. The molecular formula is C23H27N3O7S. The van der Waals surface area contributed by atoms with Crippen LogP contribution in [0.4, 0.5) is 11.4 Å². The van der Waals surface area contributed by atoms with Crippen molar-refractivity contribution in [2.24, 2.45) is 0 Å². The van der Waals surface area contributed by atoms with Gasteiger partial charge in [-0.05, 0) is 55.8 Å². The molecule has 182 valence electrons. The third-order valence-corrected chi connectivity index (χ3v) is 7.18. The number of benzene rings is 2. The zero-order valence-electron chi connectivity index (χ0n) is 19.2. The highest BCUT2D eigenvalue weighted by molar-refractivity contribution is 7.89. The number of rotatable bonds is 7. The molecule has 2 amide bonds. The molecule has 1 heterocycles. The molecule has 2 aromatic rings. The first kappa shape index (κ1) is 25.3. The maximum absolute atomic E-state index is 13.0. The van der Waals surface area contributed by atoms with Crippen LogP contribution in [0.25, 0.3) is 0 Å². The van der Waals surface area contributed by atoms with Crippen LogP contribution in [0.2, 0.25) is 0 Å². The fourth-order valence-corrected chi connectivity index (χ4v) is 4.96. The number of esters is 1. The van der Waals surface area contributed by atoms with Crippen molar-refractivity contribution in [1.29, 1.82) is 0 Å². The fraction of sp³-hybridized carbons (Fsp3) is 0.348. The molecule has 0 aromatic heterocycles. The topological polar surface area (TPSA) is 131 Å². The van der Waals surface area contributed by atoms with Gasteiger partial charge in [0, 0.05) is 31.4 Å². The van der Waals surface area contributed by atoms with E-state index >= 15 is 0 Å². The molecule has 2 N–H and O–H groups in total. The molecule has 0 aliphatic carbocycles. The van der Waals surface area contributed by atoms with E-state index in [-0.39, 0.29) is 29.5 Å². The molecule has 2 aromatic carbocycles. The van der Waals surface area contributed by atoms with E-state index in [1.54, 1.807) is 31.2 Å². The van der Waals surface area contributed by atoms with Gasteiger partial charge in [-0.1, -0.05) is 6.07 Å². The second-order valence-corrected chi connectivity index (χ2v) is 9.70. The number of carbonyl (C=O) groups excluding carboxylic acids is 3. The minimum absolute atomic E-state index is 0.0141. The van der Waals surface area contributed by atoms with Crippen LogP contribution in [0, 0.1) is 6.92 Å². The van der Waals surface area contributed by atoms with Gasteiger partial charge in [0.15, 0.2) is 6.10 Å². The van der Waals surface area contributed by atoms with Gasteiger partial charge in [-0.2, -0.15) is 4.31 Å². The highest BCUT2D eigenvalue weighted by Gasteiger charge is 2.29. The van der Waals surface area contributed by atoms with E-state index in [0.717, 1.165) is 0 Å². The summed E-state index contributed by atoms with van der Waals surface area (Å²) in [6, 6.07) is 10.7. The second-order valence-electron chi connectivity index (χ2n) is 7.79. The summed E-state index contributed by atoms with van der Waals surface area (Å²) in [7, 11) is -3.81. The third-order valence-electron chi connectivity index (χ3n) is 5.14. The van der Waals surface area contributed by atoms with E-state index < -0.39 is 28.0 Å².